The molecule has 1 aliphatic heterocycles. The molecule has 0 aliphatic carbocycles. The fourth-order valence-electron chi connectivity index (χ4n) is 6.99. The Morgan fingerprint density at radius 3 is 2.22 bits per heavy atom. The lowest BCUT2D eigenvalue weighted by atomic mass is 9.83. The van der Waals surface area contributed by atoms with E-state index in [1.807, 2.05) is 20.8 Å². The van der Waals surface area contributed by atoms with Crippen LogP contribution in [0, 0.1) is 38.5 Å². The Morgan fingerprint density at radius 1 is 0.959 bits per heavy atom. The van der Waals surface area contributed by atoms with Crippen molar-refractivity contribution in [3.8, 4) is 11.5 Å². The first-order valence-corrected chi connectivity index (χ1v) is 18.5. The van der Waals surface area contributed by atoms with Gasteiger partial charge in [0.05, 0.1) is 12.7 Å². The predicted molar refractivity (Wildman–Crippen MR) is 194 cm³/mol. The van der Waals surface area contributed by atoms with Gasteiger partial charge in [0, 0.05) is 30.3 Å². The van der Waals surface area contributed by atoms with Crippen molar-refractivity contribution in [1.29, 1.82) is 0 Å². The molecule has 2 heterocycles. The topological polar surface area (TPSA) is 148 Å². The number of H-pyrrole nitrogens is 1. The number of ether oxygens (including phenoxy) is 2. The van der Waals surface area contributed by atoms with Crippen molar-refractivity contribution in [2.45, 2.75) is 157 Å². The molecule has 4 atom stereocenters. The van der Waals surface area contributed by atoms with E-state index in [0.29, 0.717) is 11.4 Å². The minimum absolute atomic E-state index is 0.129. The number of carbonyl (C=O) groups excluding carboxylic acids is 3. The van der Waals surface area contributed by atoms with E-state index in [4.69, 9.17) is 15.3 Å². The summed E-state index contributed by atoms with van der Waals surface area (Å²) in [7, 11) is 0. The van der Waals surface area contributed by atoms with E-state index in [9.17, 15) is 14.4 Å². The van der Waals surface area contributed by atoms with Crippen molar-refractivity contribution in [1.82, 2.24) is 20.7 Å². The van der Waals surface area contributed by atoms with Gasteiger partial charge in [0.25, 0.3) is 5.91 Å². The first-order chi connectivity index (χ1) is 23.2. The number of nitrogens with one attached hydrogen (secondary N) is 3. The van der Waals surface area contributed by atoms with E-state index in [1.54, 1.807) is 6.20 Å². The Bertz CT molecular complexity index is 1370. The lowest BCUT2D eigenvalue weighted by Crippen LogP contribution is -2.50. The number of hydrogen-bond donors (Lipinski definition) is 4. The number of hydrazine groups is 1. The Morgan fingerprint density at radius 2 is 1.61 bits per heavy atom. The van der Waals surface area contributed by atoms with Gasteiger partial charge in [-0.1, -0.05) is 72.6 Å². The Hall–Kier alpha value is -3.40. The van der Waals surface area contributed by atoms with Gasteiger partial charge in [0.15, 0.2) is 0 Å². The molecule has 10 heteroatoms. The summed E-state index contributed by atoms with van der Waals surface area (Å²) in [6.45, 7) is 17.6. The summed E-state index contributed by atoms with van der Waals surface area (Å²) >= 11 is 0. The molecule has 0 spiro atoms. The lowest BCUT2D eigenvalue weighted by molar-refractivity contribution is -0.136. The third-order valence-corrected chi connectivity index (χ3v) is 10.4. The van der Waals surface area contributed by atoms with Crippen molar-refractivity contribution in [2.24, 2.45) is 23.6 Å². The fourth-order valence-corrected chi connectivity index (χ4v) is 6.99. The molecule has 1 aromatic carbocycles. The van der Waals surface area contributed by atoms with Crippen molar-refractivity contribution < 1.29 is 23.9 Å². The van der Waals surface area contributed by atoms with Crippen LogP contribution in [0.15, 0.2) is 12.5 Å². The zero-order valence-corrected chi connectivity index (χ0v) is 31.4. The van der Waals surface area contributed by atoms with E-state index in [1.165, 1.54) is 51.3 Å². The molecule has 3 rings (SSSR count). The highest BCUT2D eigenvalue weighted by Crippen LogP contribution is 2.45. The second-order valence-electron chi connectivity index (χ2n) is 15.3. The number of esters is 1. The molecule has 0 saturated heterocycles. The van der Waals surface area contributed by atoms with Gasteiger partial charge in [0.1, 0.15) is 23.1 Å². The molecule has 1 aromatic heterocycles. The quantitative estimate of drug-likeness (QED) is 0.0378. The van der Waals surface area contributed by atoms with Crippen LogP contribution >= 0.6 is 0 Å². The van der Waals surface area contributed by atoms with Gasteiger partial charge < -0.3 is 19.8 Å². The average Bonchev–Trinajstić information content (AvgIpc) is 3.57. The zero-order chi connectivity index (χ0) is 36.1. The molecule has 0 radical (unpaired) electrons. The smallest absolute Gasteiger partial charge is 0.311 e. The molecule has 274 valence electrons. The Balaban J connectivity index is 1.49. The van der Waals surface area contributed by atoms with E-state index in [0.717, 1.165) is 71.4 Å². The van der Waals surface area contributed by atoms with Crippen LogP contribution in [0.3, 0.4) is 0 Å². The van der Waals surface area contributed by atoms with E-state index >= 15 is 0 Å². The Kier molecular flexibility index (Phi) is 15.6. The largest absolute Gasteiger partial charge is 0.487 e. The molecule has 0 fully saturated rings. The van der Waals surface area contributed by atoms with Gasteiger partial charge in [-0.25, -0.2) is 10.8 Å². The molecule has 2 amide bonds. The summed E-state index contributed by atoms with van der Waals surface area (Å²) in [4.78, 5) is 44.6. The van der Waals surface area contributed by atoms with Gasteiger partial charge in [-0.15, -0.1) is 0 Å². The summed E-state index contributed by atoms with van der Waals surface area (Å²) in [5.41, 5.74) is 6.36. The van der Waals surface area contributed by atoms with Gasteiger partial charge in [-0.05, 0) is 87.8 Å². The van der Waals surface area contributed by atoms with Crippen molar-refractivity contribution >= 4 is 17.8 Å². The van der Waals surface area contributed by atoms with Crippen molar-refractivity contribution in [3.63, 3.8) is 0 Å². The van der Waals surface area contributed by atoms with Crippen LogP contribution in [-0.2, 0) is 27.2 Å². The maximum Gasteiger partial charge on any atom is 0.311 e. The van der Waals surface area contributed by atoms with E-state index < -0.39 is 23.8 Å². The number of nitrogens with two attached hydrogens (primary N) is 1. The number of benzene rings is 1. The van der Waals surface area contributed by atoms with Gasteiger partial charge in [-0.2, -0.15) is 0 Å². The standard InChI is InChI=1S/C39H63N5O5/c1-25(2)12-9-13-26(3)14-10-15-27(4)16-11-20-39(8)21-19-32-30(7)36(28(5)29(6)37(32)49-39)48-35(46)18-17-34(45)43-33(38(47)44-40)22-31-23-41-24-42-31/h23-27,33H,9-22,40H2,1-8H3,(H,41,42)(H,43,45)(H,44,47)/t26?,27?,33-,39?/m0/s1. The summed E-state index contributed by atoms with van der Waals surface area (Å²) < 4.78 is 12.6. The number of aromatic nitrogens is 2. The van der Waals surface area contributed by atoms with Crippen LogP contribution in [0.5, 0.6) is 11.5 Å². The summed E-state index contributed by atoms with van der Waals surface area (Å²) in [6.07, 6.45) is 16.2. The Labute approximate surface area is 294 Å². The van der Waals surface area contributed by atoms with E-state index in [-0.39, 0.29) is 24.9 Å². The highest BCUT2D eigenvalue weighted by atomic mass is 16.5. The second-order valence-corrected chi connectivity index (χ2v) is 15.3. The molecule has 1 aliphatic rings. The number of nitrogens with zero attached hydrogens (tertiary/aromatic N) is 1. The van der Waals surface area contributed by atoms with Crippen molar-refractivity contribution in [2.75, 3.05) is 0 Å². The number of aromatic amines is 1. The molecular formula is C39H63N5O5. The third kappa shape index (κ3) is 12.5. The maximum absolute atomic E-state index is 12.9. The number of amides is 2. The summed E-state index contributed by atoms with van der Waals surface area (Å²) in [6, 6.07) is -0.904. The van der Waals surface area contributed by atoms with Crippen LogP contribution in [0.4, 0.5) is 0 Å². The molecular weight excluding hydrogens is 618 g/mol. The number of imidazole rings is 1. The number of carbonyl (C=O) groups is 3. The molecule has 3 unspecified atom stereocenters. The number of fused-ring (bicyclic) bond motifs is 1. The highest BCUT2D eigenvalue weighted by Gasteiger charge is 2.35. The fraction of sp³-hybridized carbons (Fsp3) is 0.692. The number of rotatable bonds is 20. The average molecular weight is 682 g/mol. The first kappa shape index (κ1) is 40.0. The van der Waals surface area contributed by atoms with Crippen LogP contribution in [-0.4, -0.2) is 39.4 Å². The van der Waals surface area contributed by atoms with Crippen molar-refractivity contribution in [3.05, 3.63) is 40.5 Å². The lowest BCUT2D eigenvalue weighted by Gasteiger charge is -2.38. The monoisotopic (exact) mass is 681 g/mol. The van der Waals surface area contributed by atoms with Crippen LogP contribution in [0.1, 0.15) is 140 Å². The minimum Gasteiger partial charge on any atom is -0.487 e. The van der Waals surface area contributed by atoms with Gasteiger partial charge in [0.2, 0.25) is 5.91 Å². The summed E-state index contributed by atoms with van der Waals surface area (Å²) in [5, 5.41) is 2.64. The minimum atomic E-state index is -0.904. The first-order valence-electron chi connectivity index (χ1n) is 18.5. The zero-order valence-electron chi connectivity index (χ0n) is 31.4. The SMILES string of the molecule is Cc1c(C)c2c(c(C)c1OC(=O)CCC(=O)N[C@@H](Cc1cnc[nH]1)C(=O)NN)CCC(C)(CCCC(C)CCCC(C)CCCC(C)C)O2. The van der Waals surface area contributed by atoms with Crippen LogP contribution in [0.2, 0.25) is 0 Å². The molecule has 5 N–H and O–H groups in total. The van der Waals surface area contributed by atoms with Crippen LogP contribution in [0.25, 0.3) is 0 Å². The van der Waals surface area contributed by atoms with Gasteiger partial charge in [-0.3, -0.25) is 19.8 Å². The second kappa shape index (κ2) is 19.1. The maximum atomic E-state index is 12.9. The number of hydrogen-bond acceptors (Lipinski definition) is 7. The molecule has 0 saturated carbocycles. The summed E-state index contributed by atoms with van der Waals surface area (Å²) in [5.74, 6) is 7.62. The van der Waals surface area contributed by atoms with Crippen LogP contribution < -0.4 is 26.1 Å². The predicted octanol–water partition coefficient (Wildman–Crippen LogP) is 7.26. The van der Waals surface area contributed by atoms with Gasteiger partial charge >= 0.3 is 5.97 Å². The third-order valence-electron chi connectivity index (χ3n) is 10.4. The molecule has 0 bridgehead atoms. The van der Waals surface area contributed by atoms with E-state index in [2.05, 4.69) is 55.3 Å². The molecule has 10 nitrogen and oxygen atoms in total. The highest BCUT2D eigenvalue weighted by molar-refractivity contribution is 5.89. The molecule has 49 heavy (non-hydrogen) atoms. The normalized spacial score (nSPS) is 17.5. The molecule has 2 aromatic rings.